The number of hydrogen-bond acceptors (Lipinski definition) is 6. The molecule has 0 saturated carbocycles. The van der Waals surface area contributed by atoms with Gasteiger partial charge in [0.1, 0.15) is 18.3 Å². The molecule has 0 spiro atoms. The smallest absolute Gasteiger partial charge is 0.313 e. The molecule has 198 valence electrons. The quantitative estimate of drug-likeness (QED) is 0.276. The van der Waals surface area contributed by atoms with Crippen LogP contribution in [0.2, 0.25) is 0 Å². The van der Waals surface area contributed by atoms with Crippen LogP contribution in [0.5, 0.6) is 0 Å². The predicted octanol–water partition coefficient (Wildman–Crippen LogP) is 4.69. The van der Waals surface area contributed by atoms with Crippen molar-refractivity contribution in [1.29, 1.82) is 0 Å². The van der Waals surface area contributed by atoms with Gasteiger partial charge in [-0.2, -0.15) is 0 Å². The van der Waals surface area contributed by atoms with Crippen molar-refractivity contribution < 1.29 is 29.6 Å². The highest BCUT2D eigenvalue weighted by Gasteiger charge is 2.37. The molecule has 0 radical (unpaired) electrons. The molecule has 0 bridgehead atoms. The van der Waals surface area contributed by atoms with Crippen LogP contribution in [0.4, 0.5) is 0 Å². The topological polar surface area (TPSA) is 104 Å². The Kier molecular flexibility index (Phi) is 13.0. The summed E-state index contributed by atoms with van der Waals surface area (Å²) in [5.41, 5.74) is 1.22. The van der Waals surface area contributed by atoms with Crippen molar-refractivity contribution >= 4 is 11.8 Å². The third kappa shape index (κ3) is 9.43. The van der Waals surface area contributed by atoms with Gasteiger partial charge in [0.15, 0.2) is 0 Å². The first-order valence-corrected chi connectivity index (χ1v) is 13.2. The maximum atomic E-state index is 12.7. The Balaban J connectivity index is 3.09. The monoisotopic (exact) mass is 482 g/mol. The fraction of sp³-hybridized carbons (Fsp3) is 0.857. The molecule has 0 saturated heterocycles. The maximum absolute atomic E-state index is 12.7. The fourth-order valence-corrected chi connectivity index (χ4v) is 5.43. The number of carbonyl (C=O) groups excluding carboxylic acids is 2. The first-order chi connectivity index (χ1) is 15.8. The molecule has 0 aromatic carbocycles. The summed E-state index contributed by atoms with van der Waals surface area (Å²) in [5.74, 6) is -1.34. The first-order valence-electron chi connectivity index (χ1n) is 13.2. The average molecular weight is 483 g/mol. The normalized spacial score (nSPS) is 32.9. The van der Waals surface area contributed by atoms with Gasteiger partial charge < -0.3 is 20.1 Å². The SMILES string of the molecule is CC[C@H](O)[C@@H](C)[C@@H](O)[C@H](C)[C@@H](O)[C@@H](C)[C@@H]1C/C=C(\C)C[C@@H](C)C[C@@H](C)C[C@H](C)C(=O)CC(=O)O1. The van der Waals surface area contributed by atoms with Crippen molar-refractivity contribution in [3.05, 3.63) is 11.6 Å². The molecule has 1 aliphatic rings. The second kappa shape index (κ2) is 14.4. The Hall–Kier alpha value is -1.24. The van der Waals surface area contributed by atoms with Gasteiger partial charge in [0.25, 0.3) is 0 Å². The Morgan fingerprint density at radius 2 is 1.59 bits per heavy atom. The van der Waals surface area contributed by atoms with E-state index in [1.54, 1.807) is 13.8 Å². The number of hydrogen-bond donors (Lipinski definition) is 3. The van der Waals surface area contributed by atoms with Gasteiger partial charge in [0.2, 0.25) is 0 Å². The van der Waals surface area contributed by atoms with Gasteiger partial charge in [-0.3, -0.25) is 9.59 Å². The number of cyclic esters (lactones) is 1. The molecule has 1 heterocycles. The number of allylic oxidation sites excluding steroid dienone is 1. The lowest BCUT2D eigenvalue weighted by Gasteiger charge is -2.35. The number of aliphatic hydroxyl groups is 3. The minimum atomic E-state index is -0.943. The summed E-state index contributed by atoms with van der Waals surface area (Å²) in [6, 6.07) is 0. The lowest BCUT2D eigenvalue weighted by molar-refractivity contribution is -0.157. The summed E-state index contributed by atoms with van der Waals surface area (Å²) >= 11 is 0. The maximum Gasteiger partial charge on any atom is 0.313 e. The third-order valence-electron chi connectivity index (χ3n) is 7.85. The number of Topliss-reactive ketones (excluding diaryl/α,β-unsaturated/α-hetero) is 1. The van der Waals surface area contributed by atoms with E-state index in [0.29, 0.717) is 24.7 Å². The van der Waals surface area contributed by atoms with E-state index in [9.17, 15) is 24.9 Å². The summed E-state index contributed by atoms with van der Waals surface area (Å²) in [4.78, 5) is 25.3. The van der Waals surface area contributed by atoms with E-state index in [0.717, 1.165) is 19.3 Å². The number of ether oxygens (including phenoxy) is 1. The number of ketones is 1. The second-order valence-corrected chi connectivity index (χ2v) is 11.3. The molecular formula is C28H50O6. The molecular weight excluding hydrogens is 432 g/mol. The zero-order valence-corrected chi connectivity index (χ0v) is 22.7. The van der Waals surface area contributed by atoms with Crippen LogP contribution in [0.25, 0.3) is 0 Å². The molecule has 6 nitrogen and oxygen atoms in total. The Morgan fingerprint density at radius 3 is 2.18 bits per heavy atom. The molecule has 0 aromatic heterocycles. The van der Waals surface area contributed by atoms with E-state index < -0.39 is 48.1 Å². The predicted molar refractivity (Wildman–Crippen MR) is 135 cm³/mol. The van der Waals surface area contributed by atoms with E-state index in [1.807, 2.05) is 20.8 Å². The number of aliphatic hydroxyl groups excluding tert-OH is 3. The van der Waals surface area contributed by atoms with Gasteiger partial charge in [-0.25, -0.2) is 0 Å². The molecule has 1 aliphatic heterocycles. The molecule has 0 aromatic rings. The Bertz CT molecular complexity index is 674. The van der Waals surface area contributed by atoms with Gasteiger partial charge in [0.05, 0.1) is 18.3 Å². The van der Waals surface area contributed by atoms with Gasteiger partial charge in [-0.1, -0.05) is 60.1 Å². The molecule has 34 heavy (non-hydrogen) atoms. The minimum absolute atomic E-state index is 0.105. The lowest BCUT2D eigenvalue weighted by Crippen LogP contribution is -2.44. The summed E-state index contributed by atoms with van der Waals surface area (Å²) < 4.78 is 5.76. The van der Waals surface area contributed by atoms with Gasteiger partial charge in [-0.15, -0.1) is 0 Å². The van der Waals surface area contributed by atoms with Gasteiger partial charge in [0, 0.05) is 30.1 Å². The zero-order chi connectivity index (χ0) is 26.2. The van der Waals surface area contributed by atoms with E-state index >= 15 is 0 Å². The summed E-state index contributed by atoms with van der Waals surface area (Å²) in [7, 11) is 0. The summed E-state index contributed by atoms with van der Waals surface area (Å²) in [5, 5.41) is 31.9. The van der Waals surface area contributed by atoms with Crippen LogP contribution in [0.15, 0.2) is 11.6 Å². The first kappa shape index (κ1) is 30.8. The van der Waals surface area contributed by atoms with E-state index in [2.05, 4.69) is 26.8 Å². The largest absolute Gasteiger partial charge is 0.461 e. The van der Waals surface area contributed by atoms with Crippen molar-refractivity contribution in [1.82, 2.24) is 0 Å². The molecule has 10 atom stereocenters. The van der Waals surface area contributed by atoms with Crippen LogP contribution in [0.1, 0.15) is 93.9 Å². The van der Waals surface area contributed by atoms with Crippen LogP contribution >= 0.6 is 0 Å². The molecule has 0 aliphatic carbocycles. The van der Waals surface area contributed by atoms with Gasteiger partial charge in [-0.05, 0) is 44.4 Å². The van der Waals surface area contributed by atoms with Crippen LogP contribution in [-0.4, -0.2) is 51.5 Å². The van der Waals surface area contributed by atoms with Crippen molar-refractivity contribution in [2.75, 3.05) is 0 Å². The van der Waals surface area contributed by atoms with Crippen molar-refractivity contribution in [3.8, 4) is 0 Å². The highest BCUT2D eigenvalue weighted by atomic mass is 16.5. The molecule has 0 amide bonds. The Labute approximate surface area is 207 Å². The zero-order valence-electron chi connectivity index (χ0n) is 22.7. The standard InChI is InChI=1S/C28H50O6/c1-9-23(29)20(6)27(32)22(8)28(33)21(7)25-11-10-16(2)12-17(3)13-18(4)14-19(5)24(30)15-26(31)34-25/h10,17-23,25,27-29,32-33H,9,11-15H2,1-8H3/b16-10+/t17-,18-,19+,20-,21+,22+,23+,25+,27-,28+/m1/s1. The van der Waals surface area contributed by atoms with Crippen molar-refractivity contribution in [3.63, 3.8) is 0 Å². The number of carbonyl (C=O) groups is 2. The van der Waals surface area contributed by atoms with Gasteiger partial charge >= 0.3 is 5.97 Å². The highest BCUT2D eigenvalue weighted by molar-refractivity contribution is 5.96. The molecule has 1 rings (SSSR count). The highest BCUT2D eigenvalue weighted by Crippen LogP contribution is 2.30. The molecule has 6 heteroatoms. The molecule has 3 N–H and O–H groups in total. The third-order valence-corrected chi connectivity index (χ3v) is 7.85. The Morgan fingerprint density at radius 1 is 0.971 bits per heavy atom. The second-order valence-electron chi connectivity index (χ2n) is 11.3. The van der Waals surface area contributed by atoms with Crippen LogP contribution in [-0.2, 0) is 14.3 Å². The van der Waals surface area contributed by atoms with Crippen molar-refractivity contribution in [2.24, 2.45) is 35.5 Å². The van der Waals surface area contributed by atoms with Crippen LogP contribution in [0.3, 0.4) is 0 Å². The van der Waals surface area contributed by atoms with Crippen LogP contribution < -0.4 is 0 Å². The van der Waals surface area contributed by atoms with Crippen molar-refractivity contribution in [2.45, 2.75) is 118 Å². The summed E-state index contributed by atoms with van der Waals surface area (Å²) in [6.07, 6.45) is 2.39. The lowest BCUT2D eigenvalue weighted by atomic mass is 9.79. The molecule has 0 unspecified atom stereocenters. The van der Waals surface area contributed by atoms with E-state index in [-0.39, 0.29) is 18.1 Å². The van der Waals surface area contributed by atoms with Crippen LogP contribution in [0, 0.1) is 35.5 Å². The van der Waals surface area contributed by atoms with E-state index in [1.165, 1.54) is 5.57 Å². The molecule has 0 fully saturated rings. The average Bonchev–Trinajstić information content (AvgIpc) is 2.77. The minimum Gasteiger partial charge on any atom is -0.461 e. The fourth-order valence-electron chi connectivity index (χ4n) is 5.43. The van der Waals surface area contributed by atoms with E-state index in [4.69, 9.17) is 4.74 Å². The number of rotatable bonds is 7. The summed E-state index contributed by atoms with van der Waals surface area (Å²) in [6.45, 7) is 15.5. The number of esters is 1.